The van der Waals surface area contributed by atoms with Gasteiger partial charge in [-0.15, -0.1) is 0 Å². The molecule has 4 rings (SSSR count). The first-order chi connectivity index (χ1) is 17.0. The van der Waals surface area contributed by atoms with E-state index in [1.165, 1.54) is 29.1 Å². The second-order valence-electron chi connectivity index (χ2n) is 7.99. The van der Waals surface area contributed by atoms with E-state index in [-0.39, 0.29) is 18.1 Å². The van der Waals surface area contributed by atoms with Gasteiger partial charge in [0.05, 0.1) is 18.4 Å². The number of halogens is 5. The van der Waals surface area contributed by atoms with Crippen LogP contribution in [0.4, 0.5) is 27.8 Å². The average Bonchev–Trinajstić information content (AvgIpc) is 3.49. The number of anilines is 1. The van der Waals surface area contributed by atoms with Crippen molar-refractivity contribution in [3.63, 3.8) is 0 Å². The van der Waals surface area contributed by atoms with Crippen molar-refractivity contribution in [2.75, 3.05) is 11.9 Å². The number of aromatic nitrogens is 5. The maximum absolute atomic E-state index is 14.3. The summed E-state index contributed by atoms with van der Waals surface area (Å²) in [5, 5.41) is 10.4. The highest BCUT2D eigenvalue weighted by Crippen LogP contribution is 2.38. The molecule has 0 saturated heterocycles. The lowest BCUT2D eigenvalue weighted by Gasteiger charge is -2.29. The van der Waals surface area contributed by atoms with Gasteiger partial charge in [0.15, 0.2) is 22.9 Å². The molecule has 0 bridgehead atoms. The Balaban J connectivity index is 1.69. The Morgan fingerprint density at radius 3 is 2.53 bits per heavy atom. The lowest BCUT2D eigenvalue weighted by molar-refractivity contribution is -0.210. The van der Waals surface area contributed by atoms with Gasteiger partial charge in [0.25, 0.3) is 0 Å². The van der Waals surface area contributed by atoms with Gasteiger partial charge in [-0.2, -0.15) is 18.3 Å². The summed E-state index contributed by atoms with van der Waals surface area (Å²) in [5.41, 5.74) is 3.12. The van der Waals surface area contributed by atoms with Gasteiger partial charge in [-0.3, -0.25) is 9.48 Å². The number of nitrogens with zero attached hydrogens (tertiary/aromatic N) is 5. The molecule has 0 saturated carbocycles. The number of hydrogen-bond acceptors (Lipinski definition) is 7. The summed E-state index contributed by atoms with van der Waals surface area (Å²) in [7, 11) is 0. The second-order valence-corrected chi connectivity index (χ2v) is 7.99. The van der Waals surface area contributed by atoms with Crippen molar-refractivity contribution in [1.29, 1.82) is 0 Å². The smallest absolute Gasteiger partial charge is 0.369 e. The highest BCUT2D eigenvalue weighted by atomic mass is 19.4. The Morgan fingerprint density at radius 2 is 1.89 bits per heavy atom. The number of nitrogens with two attached hydrogens (primary N) is 1. The molecule has 14 heteroatoms. The van der Waals surface area contributed by atoms with Crippen LogP contribution >= 0.6 is 0 Å². The fourth-order valence-corrected chi connectivity index (χ4v) is 3.19. The van der Waals surface area contributed by atoms with Crippen LogP contribution in [0.5, 0.6) is 0 Å². The number of carbonyl (C=O) groups is 1. The van der Waals surface area contributed by atoms with Gasteiger partial charge in [-0.1, -0.05) is 23.4 Å². The van der Waals surface area contributed by atoms with Gasteiger partial charge in [0.1, 0.15) is 23.5 Å². The number of hydrogen-bond donors (Lipinski definition) is 2. The summed E-state index contributed by atoms with van der Waals surface area (Å²) in [6.07, 6.45) is -2.93. The number of alkyl halides is 3. The van der Waals surface area contributed by atoms with Crippen molar-refractivity contribution in [1.82, 2.24) is 24.9 Å². The van der Waals surface area contributed by atoms with E-state index in [1.807, 2.05) is 0 Å². The molecule has 0 fully saturated rings. The summed E-state index contributed by atoms with van der Waals surface area (Å²) in [5.74, 6) is -3.91. The average molecular weight is 507 g/mol. The van der Waals surface area contributed by atoms with Crippen molar-refractivity contribution in [3.8, 4) is 22.9 Å². The highest BCUT2D eigenvalue weighted by Gasteiger charge is 2.55. The number of benzene rings is 1. The number of nitrogens with one attached hydrogen (secondary N) is 1. The third kappa shape index (κ3) is 4.74. The molecule has 9 nitrogen and oxygen atoms in total. The molecule has 0 unspecified atom stereocenters. The molecule has 0 radical (unpaired) electrons. The molecule has 0 aliphatic heterocycles. The molecule has 1 amide bonds. The number of amides is 1. The summed E-state index contributed by atoms with van der Waals surface area (Å²) in [4.78, 5) is 19.3. The molecule has 0 aliphatic carbocycles. The monoisotopic (exact) mass is 507 g/mol. The maximum atomic E-state index is 14.3. The van der Waals surface area contributed by atoms with Crippen LogP contribution in [0.25, 0.3) is 22.9 Å². The van der Waals surface area contributed by atoms with Crippen molar-refractivity contribution in [2.45, 2.75) is 19.6 Å². The van der Waals surface area contributed by atoms with Crippen molar-refractivity contribution in [3.05, 3.63) is 66.1 Å². The SMILES string of the molecule is C[C@@](CNc1nc(-c2cc(-c3ccon3)n(Cc3ccccc3F)n2)ncc1F)(C(N)=O)C(F)(F)F. The molecule has 3 aromatic heterocycles. The van der Waals surface area contributed by atoms with Crippen LogP contribution in [0.2, 0.25) is 0 Å². The Morgan fingerprint density at radius 1 is 1.14 bits per heavy atom. The predicted molar refractivity (Wildman–Crippen MR) is 116 cm³/mol. The minimum absolute atomic E-state index is 0.0102. The lowest BCUT2D eigenvalue weighted by atomic mass is 9.89. The summed E-state index contributed by atoms with van der Waals surface area (Å²) in [6.45, 7) is -0.480. The Bertz CT molecular complexity index is 1390. The van der Waals surface area contributed by atoms with Crippen LogP contribution in [0.1, 0.15) is 12.5 Å². The third-order valence-corrected chi connectivity index (χ3v) is 5.51. The van der Waals surface area contributed by atoms with Gasteiger partial charge >= 0.3 is 6.18 Å². The van der Waals surface area contributed by atoms with E-state index in [0.717, 1.165) is 6.20 Å². The topological polar surface area (TPSA) is 125 Å². The van der Waals surface area contributed by atoms with Gasteiger partial charge in [-0.25, -0.2) is 18.7 Å². The summed E-state index contributed by atoms with van der Waals surface area (Å²) < 4.78 is 74.9. The predicted octanol–water partition coefficient (Wildman–Crippen LogP) is 3.79. The van der Waals surface area contributed by atoms with E-state index >= 15 is 0 Å². The van der Waals surface area contributed by atoms with Crippen LogP contribution in [0, 0.1) is 17.0 Å². The first-order valence-electron chi connectivity index (χ1n) is 10.3. The maximum Gasteiger partial charge on any atom is 0.404 e. The quantitative estimate of drug-likeness (QED) is 0.348. The zero-order valence-electron chi connectivity index (χ0n) is 18.6. The fourth-order valence-electron chi connectivity index (χ4n) is 3.19. The van der Waals surface area contributed by atoms with E-state index in [0.29, 0.717) is 23.9 Å². The van der Waals surface area contributed by atoms with E-state index in [9.17, 15) is 26.7 Å². The molecule has 4 aromatic rings. The lowest BCUT2D eigenvalue weighted by Crippen LogP contribution is -2.51. The van der Waals surface area contributed by atoms with E-state index in [4.69, 9.17) is 10.3 Å². The van der Waals surface area contributed by atoms with Crippen LogP contribution in [0.3, 0.4) is 0 Å². The van der Waals surface area contributed by atoms with Crippen molar-refractivity contribution >= 4 is 11.7 Å². The number of rotatable bonds is 8. The second kappa shape index (κ2) is 9.36. The van der Waals surface area contributed by atoms with Gasteiger partial charge in [-0.05, 0) is 19.1 Å². The molecule has 1 atom stereocenters. The van der Waals surface area contributed by atoms with Crippen LogP contribution in [-0.2, 0) is 11.3 Å². The Labute approximate surface area is 200 Å². The van der Waals surface area contributed by atoms with Crippen LogP contribution < -0.4 is 11.1 Å². The molecular formula is C22H18F5N7O2. The standard InChI is InChI=1S/C22H18F5N7O2/c1-21(20(28)35,22(25,26)27)11-30-18-14(24)9-29-19(31-18)16-8-17(15-6-7-36-33-15)34(32-16)10-12-4-2-3-5-13(12)23/h2-9H,10-11H2,1H3,(H2,28,35)(H,29,30,31)/t21-/m1/s1. The minimum Gasteiger partial charge on any atom is -0.369 e. The Kier molecular flexibility index (Phi) is 6.43. The fraction of sp³-hybridized carbons (Fsp3) is 0.227. The van der Waals surface area contributed by atoms with Crippen LogP contribution in [0.15, 0.2) is 53.4 Å². The number of carbonyl (C=O) groups excluding carboxylic acids is 1. The highest BCUT2D eigenvalue weighted by molar-refractivity contribution is 5.82. The molecule has 0 aliphatic rings. The molecular weight excluding hydrogens is 489 g/mol. The van der Waals surface area contributed by atoms with E-state index < -0.39 is 41.5 Å². The number of primary amides is 1. The van der Waals surface area contributed by atoms with Crippen molar-refractivity contribution in [2.24, 2.45) is 11.1 Å². The molecule has 188 valence electrons. The van der Waals surface area contributed by atoms with Gasteiger partial charge in [0, 0.05) is 18.2 Å². The van der Waals surface area contributed by atoms with E-state index in [2.05, 4.69) is 25.5 Å². The largest absolute Gasteiger partial charge is 0.404 e. The molecule has 0 spiro atoms. The normalized spacial score (nSPS) is 13.4. The van der Waals surface area contributed by atoms with Gasteiger partial charge < -0.3 is 15.6 Å². The molecule has 3 heterocycles. The van der Waals surface area contributed by atoms with Crippen LogP contribution in [-0.4, -0.2) is 43.5 Å². The van der Waals surface area contributed by atoms with Gasteiger partial charge in [0.2, 0.25) is 5.91 Å². The first kappa shape index (κ1) is 24.8. The molecule has 3 N–H and O–H groups in total. The Hall–Kier alpha value is -4.36. The van der Waals surface area contributed by atoms with E-state index in [1.54, 1.807) is 18.2 Å². The molecule has 36 heavy (non-hydrogen) atoms. The zero-order chi connectivity index (χ0) is 26.1. The van der Waals surface area contributed by atoms with Crippen molar-refractivity contribution < 1.29 is 31.3 Å². The first-order valence-corrected chi connectivity index (χ1v) is 10.3. The minimum atomic E-state index is -4.99. The zero-order valence-corrected chi connectivity index (χ0v) is 18.6. The molecule has 1 aromatic carbocycles. The third-order valence-electron chi connectivity index (χ3n) is 5.51. The summed E-state index contributed by atoms with van der Waals surface area (Å²) in [6, 6.07) is 9.07. The summed E-state index contributed by atoms with van der Waals surface area (Å²) >= 11 is 0.